The third kappa shape index (κ3) is 1.92. The van der Waals surface area contributed by atoms with Crippen molar-refractivity contribution in [3.05, 3.63) is 0 Å². The molecule has 0 aliphatic heterocycles. The van der Waals surface area contributed by atoms with Crippen LogP contribution in [0.3, 0.4) is 0 Å². The van der Waals surface area contributed by atoms with Gasteiger partial charge < -0.3 is 10.4 Å². The minimum Gasteiger partial charge on any atom is -0.480 e. The molecule has 3 aliphatic rings. The van der Waals surface area contributed by atoms with Gasteiger partial charge in [-0.1, -0.05) is 0 Å². The van der Waals surface area contributed by atoms with Gasteiger partial charge >= 0.3 is 24.2 Å². The Balaban J connectivity index is 2.08. The average Bonchev–Trinajstić information content (AvgIpc) is 2.07. The topological polar surface area (TPSA) is 66.4 Å². The second kappa shape index (κ2) is 3.79. The minimum absolute atomic E-state index is 0.571. The third-order valence-electron chi connectivity index (χ3n) is 4.06. The summed E-state index contributed by atoms with van der Waals surface area (Å²) in [6, 6.07) is -1.96. The van der Waals surface area contributed by atoms with Crippen molar-refractivity contribution in [1.29, 1.82) is 0 Å². The highest BCUT2D eigenvalue weighted by Gasteiger charge is 2.81. The number of carbonyl (C=O) groups is 2. The van der Waals surface area contributed by atoms with Crippen LogP contribution in [0.1, 0.15) is 19.3 Å². The first-order chi connectivity index (χ1) is 8.83. The van der Waals surface area contributed by atoms with Crippen molar-refractivity contribution in [2.45, 2.75) is 37.7 Å². The lowest BCUT2D eigenvalue weighted by Crippen LogP contribution is -2.76. The van der Waals surface area contributed by atoms with Crippen LogP contribution < -0.4 is 5.32 Å². The molecule has 0 unspecified atom stereocenters. The van der Waals surface area contributed by atoms with E-state index in [9.17, 15) is 35.9 Å². The van der Waals surface area contributed by atoms with Gasteiger partial charge in [0.25, 0.3) is 0 Å². The Hall–Kier alpha value is -1.48. The van der Waals surface area contributed by atoms with E-state index in [4.69, 9.17) is 5.11 Å². The standard InChI is InChI=1S/C10H9F6NO3/c11-9(12,13)6(20)17-4(5(18)19)7-1-8(2-7,3-7)10(14,15)16/h4H,1-3H2,(H,17,20)(H,18,19)/t4-,7?,8?/m0/s1. The first-order valence-electron chi connectivity index (χ1n) is 5.50. The molecule has 1 amide bonds. The molecular formula is C10H9F6NO3. The number of amides is 1. The fourth-order valence-corrected chi connectivity index (χ4v) is 3.16. The predicted octanol–water partition coefficient (Wildman–Crippen LogP) is 1.85. The molecule has 3 aliphatic carbocycles. The highest BCUT2D eigenvalue weighted by molar-refractivity contribution is 5.87. The number of aliphatic carboxylic acids is 1. The van der Waals surface area contributed by atoms with E-state index < -0.39 is 60.4 Å². The van der Waals surface area contributed by atoms with E-state index in [0.717, 1.165) is 0 Å². The van der Waals surface area contributed by atoms with E-state index in [1.54, 1.807) is 0 Å². The van der Waals surface area contributed by atoms with E-state index >= 15 is 0 Å². The Labute approximate surface area is 108 Å². The first-order valence-corrected chi connectivity index (χ1v) is 5.50. The molecule has 2 bridgehead atoms. The Morgan fingerprint density at radius 2 is 1.50 bits per heavy atom. The molecule has 0 saturated heterocycles. The number of carboxylic acids is 1. The minimum atomic E-state index is -5.28. The summed E-state index contributed by atoms with van der Waals surface area (Å²) in [5.41, 5.74) is -3.42. The third-order valence-corrected chi connectivity index (χ3v) is 4.06. The number of nitrogens with one attached hydrogen (secondary N) is 1. The molecule has 2 N–H and O–H groups in total. The number of hydrogen-bond acceptors (Lipinski definition) is 2. The lowest BCUT2D eigenvalue weighted by molar-refractivity contribution is -0.367. The van der Waals surface area contributed by atoms with Gasteiger partial charge in [-0.2, -0.15) is 26.3 Å². The van der Waals surface area contributed by atoms with Crippen LogP contribution in [0.4, 0.5) is 26.3 Å². The molecule has 0 radical (unpaired) electrons. The highest BCUT2D eigenvalue weighted by Crippen LogP contribution is 2.79. The summed E-state index contributed by atoms with van der Waals surface area (Å²) in [7, 11) is 0. The van der Waals surface area contributed by atoms with Gasteiger partial charge in [0.05, 0.1) is 5.41 Å². The zero-order chi connectivity index (χ0) is 15.6. The van der Waals surface area contributed by atoms with Crippen LogP contribution in [-0.4, -0.2) is 35.4 Å². The van der Waals surface area contributed by atoms with E-state index in [1.807, 2.05) is 0 Å². The second-order valence-corrected chi connectivity index (χ2v) is 5.41. The van der Waals surface area contributed by atoms with Gasteiger partial charge in [-0.3, -0.25) is 4.79 Å². The normalized spacial score (nSPS) is 33.7. The molecule has 10 heteroatoms. The number of halogens is 6. The maximum absolute atomic E-state index is 12.6. The molecule has 114 valence electrons. The van der Waals surface area contributed by atoms with E-state index in [0.29, 0.717) is 0 Å². The second-order valence-electron chi connectivity index (χ2n) is 5.41. The van der Waals surface area contributed by atoms with E-state index in [1.165, 1.54) is 5.32 Å². The molecule has 0 heterocycles. The molecule has 3 rings (SSSR count). The lowest BCUT2D eigenvalue weighted by atomic mass is 9.33. The van der Waals surface area contributed by atoms with Gasteiger partial charge in [-0.15, -0.1) is 0 Å². The van der Waals surface area contributed by atoms with Gasteiger partial charge in [0.15, 0.2) is 0 Å². The highest BCUT2D eigenvalue weighted by atomic mass is 19.4. The lowest BCUT2D eigenvalue weighted by Gasteiger charge is -2.72. The van der Waals surface area contributed by atoms with Crippen LogP contribution >= 0.6 is 0 Å². The van der Waals surface area contributed by atoms with Crippen LogP contribution in [-0.2, 0) is 9.59 Å². The monoisotopic (exact) mass is 305 g/mol. The van der Waals surface area contributed by atoms with Gasteiger partial charge in [-0.05, 0) is 19.3 Å². The number of carbonyl (C=O) groups excluding carboxylic acids is 1. The Morgan fingerprint density at radius 1 is 1.05 bits per heavy atom. The van der Waals surface area contributed by atoms with Gasteiger partial charge in [0.1, 0.15) is 6.04 Å². The number of carboxylic acid groups (broad SMARTS) is 1. The summed E-state index contributed by atoms with van der Waals surface area (Å²) in [5.74, 6) is -4.23. The van der Waals surface area contributed by atoms with Crippen molar-refractivity contribution in [3.63, 3.8) is 0 Å². The molecule has 1 atom stereocenters. The van der Waals surface area contributed by atoms with Crippen molar-refractivity contribution in [3.8, 4) is 0 Å². The molecule has 3 fully saturated rings. The summed E-state index contributed by atoms with van der Waals surface area (Å²) >= 11 is 0. The molecule has 20 heavy (non-hydrogen) atoms. The summed E-state index contributed by atoms with van der Waals surface area (Å²) in [6.45, 7) is 0. The molecule has 3 saturated carbocycles. The maximum atomic E-state index is 12.6. The van der Waals surface area contributed by atoms with Crippen LogP contribution in [0.2, 0.25) is 0 Å². The van der Waals surface area contributed by atoms with Crippen molar-refractivity contribution < 1.29 is 41.0 Å². The molecule has 0 aromatic rings. The maximum Gasteiger partial charge on any atom is 0.471 e. The van der Waals surface area contributed by atoms with Crippen molar-refractivity contribution in [1.82, 2.24) is 5.32 Å². The van der Waals surface area contributed by atoms with Crippen LogP contribution in [0.5, 0.6) is 0 Å². The summed E-state index contributed by atoms with van der Waals surface area (Å²) < 4.78 is 74.0. The van der Waals surface area contributed by atoms with Crippen molar-refractivity contribution >= 4 is 11.9 Å². The van der Waals surface area contributed by atoms with Gasteiger partial charge in [0.2, 0.25) is 0 Å². The summed E-state index contributed by atoms with van der Waals surface area (Å²) in [5, 5.41) is 10.1. The number of alkyl halides is 6. The molecule has 4 nitrogen and oxygen atoms in total. The number of rotatable bonds is 3. The fraction of sp³-hybridized carbons (Fsp3) is 0.800. The summed E-state index contributed by atoms with van der Waals surface area (Å²) in [6.07, 6.45) is -11.5. The largest absolute Gasteiger partial charge is 0.480 e. The zero-order valence-electron chi connectivity index (χ0n) is 9.73. The van der Waals surface area contributed by atoms with Crippen LogP contribution in [0, 0.1) is 10.8 Å². The van der Waals surface area contributed by atoms with Gasteiger partial charge in [0, 0.05) is 5.41 Å². The Kier molecular flexibility index (Phi) is 2.83. The Morgan fingerprint density at radius 3 is 1.80 bits per heavy atom. The molecule has 0 aromatic carbocycles. The smallest absolute Gasteiger partial charge is 0.471 e. The molecule has 0 aromatic heterocycles. The zero-order valence-corrected chi connectivity index (χ0v) is 9.73. The van der Waals surface area contributed by atoms with Gasteiger partial charge in [-0.25, -0.2) is 4.79 Å². The fourth-order valence-electron chi connectivity index (χ4n) is 3.16. The summed E-state index contributed by atoms with van der Waals surface area (Å²) in [4.78, 5) is 21.7. The Bertz CT molecular complexity index is 449. The van der Waals surface area contributed by atoms with Crippen LogP contribution in [0.25, 0.3) is 0 Å². The number of hydrogen-bond donors (Lipinski definition) is 2. The predicted molar refractivity (Wildman–Crippen MR) is 50.4 cm³/mol. The molecule has 0 spiro atoms. The SMILES string of the molecule is O=C(O)[C@H](NC(=O)C(F)(F)F)C12CC(C(F)(F)F)(C1)C2. The first kappa shape index (κ1) is 14.9. The van der Waals surface area contributed by atoms with E-state index in [-0.39, 0.29) is 0 Å². The van der Waals surface area contributed by atoms with Crippen molar-refractivity contribution in [2.75, 3.05) is 0 Å². The molecular weight excluding hydrogens is 296 g/mol. The van der Waals surface area contributed by atoms with Crippen LogP contribution in [0.15, 0.2) is 0 Å². The van der Waals surface area contributed by atoms with Crippen molar-refractivity contribution in [2.24, 2.45) is 10.8 Å². The van der Waals surface area contributed by atoms with E-state index in [2.05, 4.69) is 0 Å². The quantitative estimate of drug-likeness (QED) is 0.782. The average molecular weight is 305 g/mol.